The molecule has 142 valence electrons. The average molecular weight is 391 g/mol. The summed E-state index contributed by atoms with van der Waals surface area (Å²) in [6.07, 6.45) is -0.774. The number of hydrogen-bond acceptors (Lipinski definition) is 5. The monoisotopic (exact) mass is 390 g/mol. The molecule has 1 atom stereocenters. The van der Waals surface area contributed by atoms with Crippen LogP contribution in [-0.2, 0) is 25.7 Å². The number of alkyl carbamates (subject to hydrolysis) is 1. The lowest BCUT2D eigenvalue weighted by atomic mass is 10.1. The zero-order chi connectivity index (χ0) is 19.6. The van der Waals surface area contributed by atoms with Crippen LogP contribution in [-0.4, -0.2) is 31.0 Å². The van der Waals surface area contributed by atoms with E-state index in [1.807, 2.05) is 30.3 Å². The van der Waals surface area contributed by atoms with Crippen molar-refractivity contribution in [3.05, 3.63) is 65.7 Å². The first-order valence-electron chi connectivity index (χ1n) is 8.04. The number of benzene rings is 2. The third-order valence-electron chi connectivity index (χ3n) is 3.54. The molecule has 0 saturated carbocycles. The summed E-state index contributed by atoms with van der Waals surface area (Å²) < 4.78 is 9.90. The minimum Gasteiger partial charge on any atom is -0.467 e. The van der Waals surface area contributed by atoms with Gasteiger partial charge >= 0.3 is 12.1 Å². The van der Waals surface area contributed by atoms with Crippen molar-refractivity contribution < 1.29 is 23.9 Å². The van der Waals surface area contributed by atoms with Crippen LogP contribution in [0, 0.1) is 0 Å². The molecule has 0 aliphatic rings. The van der Waals surface area contributed by atoms with Crippen LogP contribution in [0.1, 0.15) is 17.2 Å². The molecular weight excluding hydrogens is 372 g/mol. The maximum atomic E-state index is 12.1. The molecule has 0 aliphatic carbocycles. The van der Waals surface area contributed by atoms with Gasteiger partial charge in [-0.2, -0.15) is 0 Å². The first-order chi connectivity index (χ1) is 13.0. The van der Waals surface area contributed by atoms with E-state index < -0.39 is 24.0 Å². The number of rotatable bonds is 7. The Bertz CT molecular complexity index is 798. The van der Waals surface area contributed by atoms with Crippen molar-refractivity contribution in [1.82, 2.24) is 5.32 Å². The Morgan fingerprint density at radius 3 is 2.48 bits per heavy atom. The van der Waals surface area contributed by atoms with Gasteiger partial charge < -0.3 is 20.1 Å². The zero-order valence-corrected chi connectivity index (χ0v) is 15.4. The number of carbonyl (C=O) groups is 3. The Morgan fingerprint density at radius 1 is 1.07 bits per heavy atom. The predicted molar refractivity (Wildman–Crippen MR) is 100 cm³/mol. The number of halogens is 1. The van der Waals surface area contributed by atoms with Crippen LogP contribution in [0.15, 0.2) is 54.6 Å². The lowest BCUT2D eigenvalue weighted by Crippen LogP contribution is -2.35. The van der Waals surface area contributed by atoms with E-state index in [1.54, 1.807) is 24.3 Å². The summed E-state index contributed by atoms with van der Waals surface area (Å²) in [6.45, 7) is 0.0619. The molecule has 2 rings (SSSR count). The molecule has 0 aliphatic heterocycles. The van der Waals surface area contributed by atoms with Crippen LogP contribution in [0.3, 0.4) is 0 Å². The maximum Gasteiger partial charge on any atom is 0.408 e. The van der Waals surface area contributed by atoms with Gasteiger partial charge in [-0.3, -0.25) is 4.79 Å². The van der Waals surface area contributed by atoms with E-state index in [9.17, 15) is 14.4 Å². The molecule has 2 N–H and O–H groups in total. The van der Waals surface area contributed by atoms with Crippen LogP contribution < -0.4 is 10.6 Å². The number of anilines is 1. The Kier molecular flexibility index (Phi) is 7.63. The molecule has 0 bridgehead atoms. The Balaban J connectivity index is 2.08. The third kappa shape index (κ3) is 6.31. The minimum absolute atomic E-state index is 0.0619. The van der Waals surface area contributed by atoms with Crippen molar-refractivity contribution in [2.24, 2.45) is 0 Å². The molecule has 2 amide bonds. The van der Waals surface area contributed by atoms with Gasteiger partial charge in [0.15, 0.2) is 6.04 Å². The second-order valence-electron chi connectivity index (χ2n) is 5.47. The van der Waals surface area contributed by atoms with E-state index in [4.69, 9.17) is 21.1 Å². The molecule has 0 heterocycles. The van der Waals surface area contributed by atoms with Crippen LogP contribution in [0.4, 0.5) is 10.5 Å². The summed E-state index contributed by atoms with van der Waals surface area (Å²) in [5.74, 6) is -1.26. The Labute approximate surface area is 161 Å². The smallest absolute Gasteiger partial charge is 0.408 e. The fourth-order valence-electron chi connectivity index (χ4n) is 2.27. The largest absolute Gasteiger partial charge is 0.467 e. The van der Waals surface area contributed by atoms with Gasteiger partial charge in [-0.25, -0.2) is 9.59 Å². The normalized spacial score (nSPS) is 11.2. The van der Waals surface area contributed by atoms with Crippen LogP contribution in [0.2, 0.25) is 0 Å². The van der Waals surface area contributed by atoms with Crippen molar-refractivity contribution in [2.75, 3.05) is 18.3 Å². The quantitative estimate of drug-likeness (QED) is 0.560. The number of carbonyl (C=O) groups excluding carboxylic acids is 3. The van der Waals surface area contributed by atoms with Gasteiger partial charge in [-0.05, 0) is 23.3 Å². The number of ether oxygens (including phenoxy) is 2. The van der Waals surface area contributed by atoms with E-state index in [0.29, 0.717) is 11.3 Å². The molecular formula is C19H19ClN2O5. The molecule has 0 unspecified atom stereocenters. The van der Waals surface area contributed by atoms with E-state index in [1.165, 1.54) is 7.11 Å². The van der Waals surface area contributed by atoms with Gasteiger partial charge in [0.1, 0.15) is 12.5 Å². The lowest BCUT2D eigenvalue weighted by molar-refractivity contribution is -0.143. The van der Waals surface area contributed by atoms with Gasteiger partial charge in [0.2, 0.25) is 5.91 Å². The number of methoxy groups -OCH3 is 1. The highest BCUT2D eigenvalue weighted by Gasteiger charge is 2.24. The minimum atomic E-state index is -1.09. The van der Waals surface area contributed by atoms with Crippen LogP contribution >= 0.6 is 11.6 Å². The molecule has 0 fully saturated rings. The summed E-state index contributed by atoms with van der Waals surface area (Å²) in [4.78, 5) is 35.6. The fourth-order valence-corrected chi connectivity index (χ4v) is 2.34. The third-order valence-corrected chi connectivity index (χ3v) is 3.78. The number of esters is 1. The van der Waals surface area contributed by atoms with Gasteiger partial charge in [-0.15, -0.1) is 11.6 Å². The molecule has 2 aromatic rings. The zero-order valence-electron chi connectivity index (χ0n) is 14.6. The van der Waals surface area contributed by atoms with Crippen molar-refractivity contribution in [2.45, 2.75) is 12.6 Å². The fraction of sp³-hybridized carbons (Fsp3) is 0.211. The van der Waals surface area contributed by atoms with Gasteiger partial charge in [0.05, 0.1) is 7.11 Å². The topological polar surface area (TPSA) is 93.7 Å². The molecule has 0 radical (unpaired) electrons. The maximum absolute atomic E-state index is 12.1. The van der Waals surface area contributed by atoms with Crippen molar-refractivity contribution in [3.63, 3.8) is 0 Å². The highest BCUT2D eigenvalue weighted by molar-refractivity contribution is 6.29. The average Bonchev–Trinajstić information content (AvgIpc) is 2.70. The number of amides is 2. The predicted octanol–water partition coefficient (Wildman–Crippen LogP) is 3.00. The number of hydrogen-bond donors (Lipinski definition) is 2. The van der Waals surface area contributed by atoms with Crippen LogP contribution in [0.5, 0.6) is 0 Å². The van der Waals surface area contributed by atoms with Gasteiger partial charge in [0.25, 0.3) is 0 Å². The summed E-state index contributed by atoms with van der Waals surface area (Å²) in [5, 5.41) is 5.05. The highest BCUT2D eigenvalue weighted by atomic mass is 35.5. The Hall–Kier alpha value is -3.06. The first kappa shape index (κ1) is 20.3. The molecule has 0 spiro atoms. The van der Waals surface area contributed by atoms with E-state index >= 15 is 0 Å². The molecule has 0 aromatic heterocycles. The van der Waals surface area contributed by atoms with E-state index in [2.05, 4.69) is 10.6 Å². The lowest BCUT2D eigenvalue weighted by Gasteiger charge is -2.17. The summed E-state index contributed by atoms with van der Waals surface area (Å²) in [6, 6.07) is 14.5. The molecule has 7 nitrogen and oxygen atoms in total. The standard InChI is InChI=1S/C19H19ClN2O5/c1-26-18(24)17(14-8-5-9-15(10-14)21-16(23)11-20)22-19(25)27-12-13-6-3-2-4-7-13/h2-10,17H,11-12H2,1H3,(H,21,23)(H,22,25)/t17-/m1/s1. The van der Waals surface area contributed by atoms with Crippen molar-refractivity contribution in [1.29, 1.82) is 0 Å². The molecule has 27 heavy (non-hydrogen) atoms. The summed E-state index contributed by atoms with van der Waals surface area (Å²) in [7, 11) is 1.21. The van der Waals surface area contributed by atoms with Crippen LogP contribution in [0.25, 0.3) is 0 Å². The second kappa shape index (κ2) is 10.2. The highest BCUT2D eigenvalue weighted by Crippen LogP contribution is 2.19. The Morgan fingerprint density at radius 2 is 1.81 bits per heavy atom. The summed E-state index contributed by atoms with van der Waals surface area (Å²) >= 11 is 5.47. The van der Waals surface area contributed by atoms with E-state index in [-0.39, 0.29) is 12.5 Å². The van der Waals surface area contributed by atoms with E-state index in [0.717, 1.165) is 5.56 Å². The van der Waals surface area contributed by atoms with Gasteiger partial charge in [0, 0.05) is 5.69 Å². The van der Waals surface area contributed by atoms with Gasteiger partial charge in [-0.1, -0.05) is 42.5 Å². The molecule has 0 saturated heterocycles. The molecule has 8 heteroatoms. The number of nitrogens with one attached hydrogen (secondary N) is 2. The first-order valence-corrected chi connectivity index (χ1v) is 8.57. The molecule has 2 aromatic carbocycles. The van der Waals surface area contributed by atoms with Crippen molar-refractivity contribution in [3.8, 4) is 0 Å². The van der Waals surface area contributed by atoms with Crippen molar-refractivity contribution >= 4 is 35.3 Å². The SMILES string of the molecule is COC(=O)[C@H](NC(=O)OCc1ccccc1)c1cccc(NC(=O)CCl)c1. The number of alkyl halides is 1. The second-order valence-corrected chi connectivity index (χ2v) is 5.74. The summed E-state index contributed by atoms with van der Waals surface area (Å²) in [5.41, 5.74) is 1.67.